The van der Waals surface area contributed by atoms with Crippen molar-refractivity contribution in [2.75, 3.05) is 7.11 Å². The summed E-state index contributed by atoms with van der Waals surface area (Å²) < 4.78 is 25.6. The molecule has 26 heavy (non-hydrogen) atoms. The monoisotopic (exact) mass is 404 g/mol. The fourth-order valence-corrected chi connectivity index (χ4v) is 5.32. The Morgan fingerprint density at radius 1 is 0.731 bits per heavy atom. The van der Waals surface area contributed by atoms with Crippen molar-refractivity contribution in [1.82, 2.24) is 0 Å². The van der Waals surface area contributed by atoms with E-state index in [9.17, 15) is 0 Å². The van der Waals surface area contributed by atoms with Crippen molar-refractivity contribution in [1.29, 1.82) is 0 Å². The molecular formula is C20H44O4Si2. The van der Waals surface area contributed by atoms with Crippen LogP contribution in [0, 0.1) is 5.92 Å². The molecule has 1 heterocycles. The van der Waals surface area contributed by atoms with Crippen LogP contribution in [0.1, 0.15) is 55.4 Å². The van der Waals surface area contributed by atoms with E-state index in [1.54, 1.807) is 7.11 Å². The Morgan fingerprint density at radius 3 is 1.46 bits per heavy atom. The van der Waals surface area contributed by atoms with Gasteiger partial charge in [0.2, 0.25) is 0 Å². The summed E-state index contributed by atoms with van der Waals surface area (Å²) in [5.41, 5.74) is 0. The van der Waals surface area contributed by atoms with E-state index in [1.165, 1.54) is 0 Å². The van der Waals surface area contributed by atoms with Crippen molar-refractivity contribution in [2.45, 2.75) is 116 Å². The quantitative estimate of drug-likeness (QED) is 0.543. The Labute approximate surface area is 164 Å². The van der Waals surface area contributed by atoms with Gasteiger partial charge in [-0.15, -0.1) is 0 Å². The molecule has 1 rings (SSSR count). The first kappa shape index (κ1) is 24.3. The maximum Gasteiger partial charge on any atom is 0.192 e. The Bertz CT molecular complexity index is 437. The minimum absolute atomic E-state index is 0.0151. The zero-order chi connectivity index (χ0) is 20.7. The third kappa shape index (κ3) is 5.20. The third-order valence-corrected chi connectivity index (χ3v) is 15.9. The van der Waals surface area contributed by atoms with Gasteiger partial charge in [0.25, 0.3) is 0 Å². The second-order valence-corrected chi connectivity index (χ2v) is 20.5. The number of methoxy groups -OCH3 is 1. The number of hydrogen-bond donors (Lipinski definition) is 0. The van der Waals surface area contributed by atoms with Gasteiger partial charge < -0.3 is 18.3 Å². The molecule has 6 heteroatoms. The van der Waals surface area contributed by atoms with Gasteiger partial charge in [0, 0.05) is 13.0 Å². The Morgan fingerprint density at radius 2 is 1.12 bits per heavy atom. The second kappa shape index (κ2) is 7.95. The largest absolute Gasteiger partial charge is 0.411 e. The molecule has 3 unspecified atom stereocenters. The van der Waals surface area contributed by atoms with Crippen molar-refractivity contribution in [2.24, 2.45) is 5.92 Å². The van der Waals surface area contributed by atoms with Crippen LogP contribution in [0.4, 0.5) is 0 Å². The number of hydrogen-bond acceptors (Lipinski definition) is 4. The Balaban J connectivity index is 3.25. The first-order chi connectivity index (χ1) is 11.4. The average Bonchev–Trinajstić information content (AvgIpc) is 2.43. The zero-order valence-electron chi connectivity index (χ0n) is 19.5. The number of ether oxygens (including phenoxy) is 2. The van der Waals surface area contributed by atoms with E-state index in [1.807, 2.05) is 0 Å². The van der Waals surface area contributed by atoms with Gasteiger partial charge in [-0.1, -0.05) is 48.5 Å². The highest BCUT2D eigenvalue weighted by Crippen LogP contribution is 2.44. The second-order valence-electron chi connectivity index (χ2n) is 11.0. The minimum Gasteiger partial charge on any atom is -0.411 e. The molecule has 1 saturated heterocycles. The van der Waals surface area contributed by atoms with E-state index in [0.29, 0.717) is 0 Å². The van der Waals surface area contributed by atoms with Gasteiger partial charge in [-0.05, 0) is 43.2 Å². The van der Waals surface area contributed by atoms with Crippen LogP contribution in [-0.2, 0) is 18.3 Å². The topological polar surface area (TPSA) is 36.9 Å². The SMILES string of the molecule is CO[C@H]1OC(C)[C@@H](C)C(O[Si](C)(C)C(C)(C)C)C1O[Si](C)(C)C(C)(C)C. The van der Waals surface area contributed by atoms with E-state index < -0.39 is 16.6 Å². The van der Waals surface area contributed by atoms with Crippen molar-refractivity contribution in [3.05, 3.63) is 0 Å². The summed E-state index contributed by atoms with van der Waals surface area (Å²) in [7, 11) is -2.23. The summed E-state index contributed by atoms with van der Waals surface area (Å²) in [6.45, 7) is 27.2. The molecule has 0 bridgehead atoms. The molecule has 0 aromatic rings. The van der Waals surface area contributed by atoms with Gasteiger partial charge in [0.15, 0.2) is 22.9 Å². The minimum atomic E-state index is -1.99. The van der Waals surface area contributed by atoms with Gasteiger partial charge in [-0.25, -0.2) is 0 Å². The van der Waals surface area contributed by atoms with Crippen molar-refractivity contribution in [3.8, 4) is 0 Å². The van der Waals surface area contributed by atoms with Gasteiger partial charge in [-0.2, -0.15) is 0 Å². The maximum absolute atomic E-state index is 6.91. The molecule has 0 N–H and O–H groups in total. The van der Waals surface area contributed by atoms with Gasteiger partial charge in [0.05, 0.1) is 12.2 Å². The molecule has 1 aliphatic heterocycles. The Hall–Kier alpha value is 0.274. The summed E-state index contributed by atoms with van der Waals surface area (Å²) in [4.78, 5) is 0. The lowest BCUT2D eigenvalue weighted by Gasteiger charge is -2.51. The van der Waals surface area contributed by atoms with Crippen LogP contribution < -0.4 is 0 Å². The smallest absolute Gasteiger partial charge is 0.192 e. The Kier molecular flexibility index (Phi) is 7.44. The van der Waals surface area contributed by atoms with Crippen molar-refractivity contribution >= 4 is 16.6 Å². The lowest BCUT2D eigenvalue weighted by atomic mass is 9.92. The molecule has 0 amide bonds. The first-order valence-electron chi connectivity index (χ1n) is 9.98. The fourth-order valence-electron chi connectivity index (χ4n) is 2.65. The summed E-state index contributed by atoms with van der Waals surface area (Å²) >= 11 is 0. The molecule has 1 aliphatic rings. The van der Waals surface area contributed by atoms with Crippen LogP contribution in [0.2, 0.25) is 36.3 Å². The summed E-state index contributed by atoms with van der Waals surface area (Å²) in [5.74, 6) is 0.255. The van der Waals surface area contributed by atoms with E-state index in [0.717, 1.165) is 0 Å². The third-order valence-electron chi connectivity index (χ3n) is 6.91. The molecule has 1 fully saturated rings. The van der Waals surface area contributed by atoms with E-state index in [4.69, 9.17) is 18.3 Å². The summed E-state index contributed by atoms with van der Waals surface area (Å²) in [6, 6.07) is 0. The number of rotatable bonds is 5. The predicted molar refractivity (Wildman–Crippen MR) is 115 cm³/mol. The average molecular weight is 405 g/mol. The van der Waals surface area contributed by atoms with Gasteiger partial charge in [-0.3, -0.25) is 0 Å². The van der Waals surface area contributed by atoms with Crippen LogP contribution in [0.3, 0.4) is 0 Å². The van der Waals surface area contributed by atoms with E-state index in [-0.39, 0.29) is 40.6 Å². The van der Waals surface area contributed by atoms with Crippen LogP contribution >= 0.6 is 0 Å². The highest BCUT2D eigenvalue weighted by molar-refractivity contribution is 6.74. The van der Waals surface area contributed by atoms with Gasteiger partial charge in [0.1, 0.15) is 6.10 Å². The standard InChI is InChI=1S/C20H44O4Si2/c1-14-15(2)22-18(21-9)17(24-26(12,13)20(6,7)8)16(14)23-25(10,11)19(3,4)5/h14-18H,1-13H3/t14-,15?,16?,17?,18+/m1/s1. The fraction of sp³-hybridized carbons (Fsp3) is 1.00. The maximum atomic E-state index is 6.91. The van der Waals surface area contributed by atoms with E-state index in [2.05, 4.69) is 81.6 Å². The zero-order valence-corrected chi connectivity index (χ0v) is 21.5. The first-order valence-corrected chi connectivity index (χ1v) is 15.8. The van der Waals surface area contributed by atoms with Crippen LogP contribution in [0.15, 0.2) is 0 Å². The molecular weight excluding hydrogens is 360 g/mol. The normalized spacial score (nSPS) is 32.0. The van der Waals surface area contributed by atoms with Crippen LogP contribution in [0.5, 0.6) is 0 Å². The lowest BCUT2D eigenvalue weighted by molar-refractivity contribution is -0.264. The molecule has 156 valence electrons. The molecule has 0 spiro atoms. The highest BCUT2D eigenvalue weighted by Gasteiger charge is 2.51. The van der Waals surface area contributed by atoms with E-state index >= 15 is 0 Å². The van der Waals surface area contributed by atoms with Crippen LogP contribution in [0.25, 0.3) is 0 Å². The summed E-state index contributed by atoms with van der Waals surface area (Å²) in [5, 5.41) is 0.275. The van der Waals surface area contributed by atoms with Crippen molar-refractivity contribution in [3.63, 3.8) is 0 Å². The molecule has 0 saturated carbocycles. The molecule has 0 radical (unpaired) electrons. The van der Waals surface area contributed by atoms with Crippen LogP contribution in [-0.4, -0.2) is 48.3 Å². The van der Waals surface area contributed by atoms with Crippen molar-refractivity contribution < 1.29 is 18.3 Å². The molecule has 0 aromatic carbocycles. The molecule has 5 atom stereocenters. The van der Waals surface area contributed by atoms with Gasteiger partial charge >= 0.3 is 0 Å². The molecule has 0 aromatic heterocycles. The lowest BCUT2D eigenvalue weighted by Crippen LogP contribution is -2.62. The molecule has 0 aliphatic carbocycles. The summed E-state index contributed by atoms with van der Waals surface area (Å²) in [6.07, 6.45) is -0.515. The highest BCUT2D eigenvalue weighted by atomic mass is 28.4. The predicted octanol–water partition coefficient (Wildman–Crippen LogP) is 5.79. The molecule has 4 nitrogen and oxygen atoms in total.